The molecule has 1 aliphatic rings. The van der Waals surface area contributed by atoms with Crippen molar-refractivity contribution in [3.8, 4) is 0 Å². The van der Waals surface area contributed by atoms with Gasteiger partial charge in [-0.1, -0.05) is 0 Å². The van der Waals surface area contributed by atoms with E-state index >= 15 is 0 Å². The molecule has 150 valence electrons. The average Bonchev–Trinajstić information content (AvgIpc) is 3.35. The molecular formula is C17H38O6Si2. The lowest BCUT2D eigenvalue weighted by Gasteiger charge is -2.30. The maximum Gasteiger partial charge on any atom is 0.504 e. The lowest BCUT2D eigenvalue weighted by molar-refractivity contribution is 0.0653. The van der Waals surface area contributed by atoms with Gasteiger partial charge in [0.05, 0.1) is 0 Å². The molecule has 0 aromatic rings. The van der Waals surface area contributed by atoms with Crippen molar-refractivity contribution in [1.82, 2.24) is 0 Å². The molecular weight excluding hydrogens is 356 g/mol. The molecule has 0 aliphatic heterocycles. The van der Waals surface area contributed by atoms with E-state index in [0.29, 0.717) is 51.1 Å². The van der Waals surface area contributed by atoms with Crippen LogP contribution in [-0.2, 0) is 26.6 Å². The van der Waals surface area contributed by atoms with Gasteiger partial charge in [-0.3, -0.25) is 0 Å². The Morgan fingerprint density at radius 3 is 1.40 bits per heavy atom. The zero-order valence-corrected chi connectivity index (χ0v) is 19.0. The highest BCUT2D eigenvalue weighted by Crippen LogP contribution is 2.55. The molecule has 1 fully saturated rings. The fraction of sp³-hybridized carbons (Fsp3) is 1.00. The highest BCUT2D eigenvalue weighted by molar-refractivity contribution is 6.63. The molecule has 0 aromatic carbocycles. The van der Waals surface area contributed by atoms with Crippen LogP contribution in [0.1, 0.15) is 54.4 Å². The lowest BCUT2D eigenvalue weighted by Crippen LogP contribution is -2.48. The van der Waals surface area contributed by atoms with E-state index in [2.05, 4.69) is 0 Å². The molecule has 0 aromatic heterocycles. The van der Waals surface area contributed by atoms with Gasteiger partial charge in [-0.25, -0.2) is 0 Å². The van der Waals surface area contributed by atoms with Crippen LogP contribution in [0.3, 0.4) is 0 Å². The van der Waals surface area contributed by atoms with E-state index in [-0.39, 0.29) is 0 Å². The van der Waals surface area contributed by atoms with Crippen molar-refractivity contribution in [3.63, 3.8) is 0 Å². The summed E-state index contributed by atoms with van der Waals surface area (Å²) >= 11 is 0. The topological polar surface area (TPSA) is 55.4 Å². The molecule has 1 saturated carbocycles. The Kier molecular flexibility index (Phi) is 11.0. The standard InChI is InChI=1S/C17H38O6Si2/c1-7-18-24(19-8-2,20-9-3)14-13-16-15-17(16)25(21-10-4,22-11-5)23-12-6/h16-17H,7-15H2,1-6H3. The van der Waals surface area contributed by atoms with Crippen LogP contribution in [-0.4, -0.2) is 57.3 Å². The van der Waals surface area contributed by atoms with Crippen LogP contribution in [0.2, 0.25) is 11.6 Å². The molecule has 0 radical (unpaired) electrons. The van der Waals surface area contributed by atoms with Crippen LogP contribution in [0.5, 0.6) is 0 Å². The minimum Gasteiger partial charge on any atom is -0.374 e. The molecule has 1 aliphatic carbocycles. The summed E-state index contributed by atoms with van der Waals surface area (Å²) in [5, 5.41) is 0. The SMILES string of the molecule is CCO[Si](CCC1CC1[Si](OCC)(OCC)OCC)(OCC)OCC. The predicted molar refractivity (Wildman–Crippen MR) is 103 cm³/mol. The molecule has 0 amide bonds. The summed E-state index contributed by atoms with van der Waals surface area (Å²) in [6, 6.07) is 0.846. The van der Waals surface area contributed by atoms with E-state index in [1.807, 2.05) is 41.5 Å². The second kappa shape index (κ2) is 11.8. The van der Waals surface area contributed by atoms with Crippen LogP contribution in [0, 0.1) is 5.92 Å². The number of hydrogen-bond donors (Lipinski definition) is 0. The molecule has 6 nitrogen and oxygen atoms in total. The number of rotatable bonds is 16. The fourth-order valence-corrected chi connectivity index (χ4v) is 9.57. The molecule has 25 heavy (non-hydrogen) atoms. The molecule has 8 heteroatoms. The highest BCUT2D eigenvalue weighted by Gasteiger charge is 2.61. The van der Waals surface area contributed by atoms with E-state index in [1.165, 1.54) is 0 Å². The Labute approximate surface area is 156 Å². The minimum atomic E-state index is -2.58. The Balaban J connectivity index is 2.70. The van der Waals surface area contributed by atoms with Gasteiger partial charge in [-0.2, -0.15) is 0 Å². The maximum absolute atomic E-state index is 6.05. The summed E-state index contributed by atoms with van der Waals surface area (Å²) in [6.45, 7) is 15.8. The van der Waals surface area contributed by atoms with Crippen molar-refractivity contribution in [2.24, 2.45) is 5.92 Å². The molecule has 2 unspecified atom stereocenters. The van der Waals surface area contributed by atoms with Gasteiger partial charge in [0.25, 0.3) is 0 Å². The lowest BCUT2D eigenvalue weighted by atomic mass is 10.3. The minimum absolute atomic E-state index is 0.393. The Morgan fingerprint density at radius 2 is 1.04 bits per heavy atom. The molecule has 0 heterocycles. The van der Waals surface area contributed by atoms with E-state index in [9.17, 15) is 0 Å². The number of hydrogen-bond acceptors (Lipinski definition) is 6. The first-order chi connectivity index (χ1) is 12.1. The van der Waals surface area contributed by atoms with Crippen molar-refractivity contribution in [1.29, 1.82) is 0 Å². The zero-order chi connectivity index (χ0) is 18.8. The van der Waals surface area contributed by atoms with Crippen LogP contribution in [0.4, 0.5) is 0 Å². The average molecular weight is 395 g/mol. The Morgan fingerprint density at radius 1 is 0.640 bits per heavy atom. The summed E-state index contributed by atoms with van der Waals surface area (Å²) in [4.78, 5) is 0. The summed E-state index contributed by atoms with van der Waals surface area (Å²) < 4.78 is 36.0. The van der Waals surface area contributed by atoms with E-state index in [4.69, 9.17) is 26.6 Å². The third-order valence-electron chi connectivity index (χ3n) is 4.33. The smallest absolute Gasteiger partial charge is 0.374 e. The maximum atomic E-state index is 6.05. The first kappa shape index (κ1) is 23.2. The van der Waals surface area contributed by atoms with Crippen molar-refractivity contribution >= 4 is 17.6 Å². The van der Waals surface area contributed by atoms with E-state index < -0.39 is 17.6 Å². The quantitative estimate of drug-likeness (QED) is 0.371. The van der Waals surface area contributed by atoms with Crippen molar-refractivity contribution in [2.45, 2.75) is 66.0 Å². The predicted octanol–water partition coefficient (Wildman–Crippen LogP) is 3.86. The van der Waals surface area contributed by atoms with Gasteiger partial charge in [-0.05, 0) is 60.3 Å². The third-order valence-corrected chi connectivity index (χ3v) is 11.1. The molecule has 0 N–H and O–H groups in total. The summed E-state index contributed by atoms with van der Waals surface area (Å²) in [7, 11) is -5.15. The first-order valence-corrected chi connectivity index (χ1v) is 13.6. The fourth-order valence-electron chi connectivity index (χ4n) is 3.41. The second-order valence-corrected chi connectivity index (χ2v) is 11.6. The van der Waals surface area contributed by atoms with Gasteiger partial charge in [0.1, 0.15) is 0 Å². The largest absolute Gasteiger partial charge is 0.504 e. The highest BCUT2D eigenvalue weighted by atomic mass is 28.4. The van der Waals surface area contributed by atoms with Gasteiger partial charge in [0.2, 0.25) is 0 Å². The summed E-state index contributed by atoms with van der Waals surface area (Å²) in [6.07, 6.45) is 2.11. The molecule has 2 atom stereocenters. The van der Waals surface area contributed by atoms with Gasteiger partial charge >= 0.3 is 17.6 Å². The first-order valence-electron chi connectivity index (χ1n) is 9.90. The van der Waals surface area contributed by atoms with Gasteiger partial charge < -0.3 is 26.6 Å². The Hall–Kier alpha value is 0.194. The zero-order valence-electron chi connectivity index (χ0n) is 17.0. The molecule has 1 rings (SSSR count). The summed E-state index contributed by atoms with van der Waals surface area (Å²) in [5.41, 5.74) is 0.393. The van der Waals surface area contributed by atoms with E-state index in [0.717, 1.165) is 18.9 Å². The van der Waals surface area contributed by atoms with Gasteiger partial charge in [0.15, 0.2) is 0 Å². The second-order valence-electron chi connectivity index (χ2n) is 6.03. The molecule has 0 bridgehead atoms. The van der Waals surface area contributed by atoms with Crippen LogP contribution in [0.25, 0.3) is 0 Å². The van der Waals surface area contributed by atoms with Crippen LogP contribution in [0.15, 0.2) is 0 Å². The van der Waals surface area contributed by atoms with Gasteiger partial charge in [0, 0.05) is 51.2 Å². The third kappa shape index (κ3) is 6.69. The Bertz CT molecular complexity index is 324. The van der Waals surface area contributed by atoms with Crippen molar-refractivity contribution < 1.29 is 26.6 Å². The molecule has 0 saturated heterocycles. The normalized spacial score (nSPS) is 20.9. The van der Waals surface area contributed by atoms with Gasteiger partial charge in [-0.15, -0.1) is 0 Å². The molecule has 0 spiro atoms. The van der Waals surface area contributed by atoms with Crippen molar-refractivity contribution in [3.05, 3.63) is 0 Å². The van der Waals surface area contributed by atoms with Crippen LogP contribution >= 0.6 is 0 Å². The van der Waals surface area contributed by atoms with Crippen LogP contribution < -0.4 is 0 Å². The van der Waals surface area contributed by atoms with Crippen molar-refractivity contribution in [2.75, 3.05) is 39.6 Å². The van der Waals surface area contributed by atoms with E-state index in [1.54, 1.807) is 0 Å². The monoisotopic (exact) mass is 394 g/mol. The summed E-state index contributed by atoms with van der Waals surface area (Å²) in [5.74, 6) is 0.546.